The lowest BCUT2D eigenvalue weighted by molar-refractivity contribution is -0.158. The van der Waals surface area contributed by atoms with Crippen molar-refractivity contribution in [2.45, 2.75) is 13.8 Å². The summed E-state index contributed by atoms with van der Waals surface area (Å²) in [6.45, 7) is 3.72. The highest BCUT2D eigenvalue weighted by molar-refractivity contribution is 6.06. The van der Waals surface area contributed by atoms with Gasteiger partial charge in [-0.25, -0.2) is 9.78 Å². The van der Waals surface area contributed by atoms with E-state index in [0.29, 0.717) is 23.8 Å². The Morgan fingerprint density at radius 2 is 2.37 bits per heavy atom. The van der Waals surface area contributed by atoms with Crippen LogP contribution in [0.25, 0.3) is 0 Å². The summed E-state index contributed by atoms with van der Waals surface area (Å²) in [5.74, 6) is 0.175. The van der Waals surface area contributed by atoms with E-state index in [1.807, 2.05) is 6.92 Å². The van der Waals surface area contributed by atoms with Crippen molar-refractivity contribution < 1.29 is 9.63 Å². The van der Waals surface area contributed by atoms with E-state index in [4.69, 9.17) is 10.6 Å². The van der Waals surface area contributed by atoms with Gasteiger partial charge >= 0.3 is 5.97 Å². The Hall–Kier alpha value is -2.44. The topological polar surface area (TPSA) is 93.2 Å². The Labute approximate surface area is 111 Å². The summed E-state index contributed by atoms with van der Waals surface area (Å²) in [4.78, 5) is 28.3. The van der Waals surface area contributed by atoms with Crippen molar-refractivity contribution in [1.29, 1.82) is 0 Å². The number of nitrogens with two attached hydrogens (primary N) is 1. The van der Waals surface area contributed by atoms with Crippen LogP contribution < -0.4 is 5.73 Å². The van der Waals surface area contributed by atoms with Crippen molar-refractivity contribution in [3.05, 3.63) is 23.9 Å². The van der Waals surface area contributed by atoms with Crippen LogP contribution in [0.4, 0.5) is 5.82 Å². The molecule has 102 valence electrons. The zero-order chi connectivity index (χ0) is 14.3. The number of nitrogens with zero attached hydrogens (tertiary/aromatic N) is 4. The molecule has 7 heteroatoms. The molecule has 7 nitrogen and oxygen atoms in total. The fourth-order valence-electron chi connectivity index (χ4n) is 1.36. The molecular formula is C12H17N5O2. The second-order valence-corrected chi connectivity index (χ2v) is 3.51. The molecule has 1 heterocycles. The maximum atomic E-state index is 11.1. The molecule has 0 saturated carbocycles. The van der Waals surface area contributed by atoms with Crippen LogP contribution in [0.1, 0.15) is 19.4 Å². The minimum Gasteiger partial charge on any atom is -0.383 e. The summed E-state index contributed by atoms with van der Waals surface area (Å²) in [7, 11) is 1.57. The lowest BCUT2D eigenvalue weighted by Gasteiger charge is -2.19. The first-order chi connectivity index (χ1) is 9.10. The van der Waals surface area contributed by atoms with E-state index in [0.717, 1.165) is 0 Å². The van der Waals surface area contributed by atoms with Crippen molar-refractivity contribution in [1.82, 2.24) is 10.0 Å². The predicted molar refractivity (Wildman–Crippen MR) is 73.7 cm³/mol. The molecule has 2 N–H and O–H groups in total. The standard InChI is InChI=1S/C12H17N5O2/c1-4-15-8-17(19-9(2)18)12(14-3)10-6-5-7-16-11(10)13/h5-8H,4H2,1-3H3,(H2,13,16)/b14-12?,15-8+. The van der Waals surface area contributed by atoms with Gasteiger partial charge in [-0.15, -0.1) is 5.06 Å². The number of hydrogen-bond acceptors (Lipinski definition) is 6. The van der Waals surface area contributed by atoms with Crippen molar-refractivity contribution in [2.75, 3.05) is 19.3 Å². The molecule has 0 fully saturated rings. The number of pyridine rings is 1. The van der Waals surface area contributed by atoms with Gasteiger partial charge < -0.3 is 10.6 Å². The van der Waals surface area contributed by atoms with Crippen molar-refractivity contribution >= 4 is 24.0 Å². The average Bonchev–Trinajstić information content (AvgIpc) is 2.38. The molecule has 0 spiro atoms. The Morgan fingerprint density at radius 1 is 1.63 bits per heavy atom. The van der Waals surface area contributed by atoms with Crippen LogP contribution >= 0.6 is 0 Å². The molecule has 0 unspecified atom stereocenters. The Kier molecular flexibility index (Phi) is 5.46. The average molecular weight is 263 g/mol. The van der Waals surface area contributed by atoms with Crippen LogP contribution in [0.15, 0.2) is 28.3 Å². The zero-order valence-electron chi connectivity index (χ0n) is 11.2. The van der Waals surface area contributed by atoms with Crippen molar-refractivity contribution in [3.8, 4) is 0 Å². The predicted octanol–water partition coefficient (Wildman–Crippen LogP) is 0.869. The number of amidine groups is 1. The molecule has 1 rings (SSSR count). The van der Waals surface area contributed by atoms with Gasteiger partial charge in [-0.1, -0.05) is 0 Å². The number of rotatable bonds is 3. The molecule has 0 radical (unpaired) electrons. The third kappa shape index (κ3) is 4.06. The van der Waals surface area contributed by atoms with Gasteiger partial charge in [0.25, 0.3) is 0 Å². The summed E-state index contributed by atoms with van der Waals surface area (Å²) in [6, 6.07) is 3.46. The lowest BCUT2D eigenvalue weighted by atomic mass is 10.2. The first kappa shape index (κ1) is 14.6. The molecule has 1 aromatic rings. The summed E-state index contributed by atoms with van der Waals surface area (Å²) in [6.07, 6.45) is 2.96. The number of nitrogen functional groups attached to an aromatic ring is 1. The third-order valence-corrected chi connectivity index (χ3v) is 2.10. The van der Waals surface area contributed by atoms with E-state index in [-0.39, 0.29) is 0 Å². The molecule has 0 bridgehead atoms. The van der Waals surface area contributed by atoms with E-state index >= 15 is 0 Å². The summed E-state index contributed by atoms with van der Waals surface area (Å²) in [5, 5.41) is 1.18. The van der Waals surface area contributed by atoms with Crippen LogP contribution in [0.5, 0.6) is 0 Å². The first-order valence-electron chi connectivity index (χ1n) is 5.75. The zero-order valence-corrected chi connectivity index (χ0v) is 11.2. The van der Waals surface area contributed by atoms with Gasteiger partial charge in [-0.05, 0) is 19.1 Å². The molecule has 0 aliphatic carbocycles. The Morgan fingerprint density at radius 3 is 2.89 bits per heavy atom. The summed E-state index contributed by atoms with van der Waals surface area (Å²) >= 11 is 0. The monoisotopic (exact) mass is 263 g/mol. The SMILES string of the molecule is CC/N=C/N(OC(C)=O)C(=NC)c1cccnc1N. The fraction of sp³-hybridized carbons (Fsp3) is 0.333. The highest BCUT2D eigenvalue weighted by atomic mass is 16.7. The number of anilines is 1. The number of carbonyl (C=O) groups excluding carboxylic acids is 1. The molecular weight excluding hydrogens is 246 g/mol. The van der Waals surface area contributed by atoms with Crippen LogP contribution in [-0.2, 0) is 9.63 Å². The summed E-state index contributed by atoms with van der Waals surface area (Å²) in [5.41, 5.74) is 6.35. The maximum absolute atomic E-state index is 11.1. The maximum Gasteiger partial charge on any atom is 0.330 e. The number of hydrogen-bond donors (Lipinski definition) is 1. The van der Waals surface area contributed by atoms with Gasteiger partial charge in [0.1, 0.15) is 12.2 Å². The lowest BCUT2D eigenvalue weighted by Crippen LogP contribution is -2.33. The normalized spacial score (nSPS) is 11.6. The van der Waals surface area contributed by atoms with Gasteiger partial charge in [0.05, 0.1) is 5.56 Å². The molecule has 0 aliphatic heterocycles. The highest BCUT2D eigenvalue weighted by Crippen LogP contribution is 2.11. The number of aromatic nitrogens is 1. The Bertz CT molecular complexity index is 499. The summed E-state index contributed by atoms with van der Waals surface area (Å²) < 4.78 is 0. The molecule has 19 heavy (non-hydrogen) atoms. The second-order valence-electron chi connectivity index (χ2n) is 3.51. The van der Waals surface area contributed by atoms with Gasteiger partial charge in [0.2, 0.25) is 0 Å². The quantitative estimate of drug-likeness (QED) is 0.496. The van der Waals surface area contributed by atoms with E-state index in [1.54, 1.807) is 25.4 Å². The molecule has 0 amide bonds. The second kappa shape index (κ2) is 7.10. The Balaban J connectivity index is 3.13. The number of hydroxylamine groups is 2. The smallest absolute Gasteiger partial charge is 0.330 e. The fourth-order valence-corrected chi connectivity index (χ4v) is 1.36. The van der Waals surface area contributed by atoms with Crippen LogP contribution in [-0.4, -0.2) is 41.8 Å². The van der Waals surface area contributed by atoms with Crippen LogP contribution in [0, 0.1) is 0 Å². The molecule has 0 atom stereocenters. The van der Waals surface area contributed by atoms with E-state index in [9.17, 15) is 4.79 Å². The molecule has 0 aliphatic rings. The first-order valence-corrected chi connectivity index (χ1v) is 5.75. The van der Waals surface area contributed by atoms with Gasteiger partial charge in [0, 0.05) is 26.7 Å². The molecule has 1 aromatic heterocycles. The van der Waals surface area contributed by atoms with Crippen molar-refractivity contribution in [3.63, 3.8) is 0 Å². The van der Waals surface area contributed by atoms with E-state index in [2.05, 4.69) is 15.0 Å². The van der Waals surface area contributed by atoms with Crippen LogP contribution in [0.2, 0.25) is 0 Å². The largest absolute Gasteiger partial charge is 0.383 e. The minimum absolute atomic E-state index is 0.296. The minimum atomic E-state index is -0.480. The van der Waals surface area contributed by atoms with Gasteiger partial charge in [-0.3, -0.25) is 9.98 Å². The number of aliphatic imine (C=N–C) groups is 2. The number of carbonyl (C=O) groups is 1. The van der Waals surface area contributed by atoms with E-state index < -0.39 is 5.97 Å². The van der Waals surface area contributed by atoms with Crippen molar-refractivity contribution in [2.24, 2.45) is 9.98 Å². The van der Waals surface area contributed by atoms with Crippen LogP contribution in [0.3, 0.4) is 0 Å². The van der Waals surface area contributed by atoms with E-state index in [1.165, 1.54) is 18.3 Å². The third-order valence-electron chi connectivity index (χ3n) is 2.10. The molecule has 0 aromatic carbocycles. The molecule has 0 saturated heterocycles. The van der Waals surface area contributed by atoms with Gasteiger partial charge in [0.15, 0.2) is 5.84 Å². The van der Waals surface area contributed by atoms with Gasteiger partial charge in [-0.2, -0.15) is 0 Å². The highest BCUT2D eigenvalue weighted by Gasteiger charge is 2.17.